The fourth-order valence-electron chi connectivity index (χ4n) is 9.21. The molecule has 31 heavy (non-hydrogen) atoms. The number of hydrogen-bond donors (Lipinski definition) is 1. The Morgan fingerprint density at radius 3 is 2.42 bits per heavy atom. The Balaban J connectivity index is 1.58. The van der Waals surface area contributed by atoms with E-state index in [9.17, 15) is 9.90 Å². The third kappa shape index (κ3) is 3.49. The molecule has 4 aliphatic rings. The van der Waals surface area contributed by atoms with Gasteiger partial charge >= 0.3 is 0 Å². The molecule has 0 unspecified atom stereocenters. The van der Waals surface area contributed by atoms with Gasteiger partial charge in [-0.3, -0.25) is 4.79 Å². The van der Waals surface area contributed by atoms with Crippen molar-refractivity contribution in [1.82, 2.24) is 0 Å². The molecule has 4 rings (SSSR count). The van der Waals surface area contributed by atoms with Crippen LogP contribution >= 0.6 is 0 Å². The lowest BCUT2D eigenvalue weighted by Crippen LogP contribution is -2.59. The zero-order valence-electron chi connectivity index (χ0n) is 21.3. The maximum atomic E-state index is 12.8. The minimum absolute atomic E-state index is 0.220. The average molecular weight is 429 g/mol. The summed E-state index contributed by atoms with van der Waals surface area (Å²) in [6.07, 6.45) is 12.8. The topological polar surface area (TPSA) is 37.3 Å². The lowest BCUT2D eigenvalue weighted by molar-refractivity contribution is -0.144. The van der Waals surface area contributed by atoms with Crippen molar-refractivity contribution < 1.29 is 9.90 Å². The number of allylic oxidation sites excluding steroid dienone is 1. The molecule has 0 spiro atoms. The van der Waals surface area contributed by atoms with Crippen molar-refractivity contribution in [1.29, 1.82) is 0 Å². The molecule has 4 aliphatic carbocycles. The Kier molecular flexibility index (Phi) is 6.07. The number of rotatable bonds is 5. The maximum Gasteiger partial charge on any atom is 0.145 e. The molecule has 2 nitrogen and oxygen atoms in total. The van der Waals surface area contributed by atoms with Crippen LogP contribution in [0.2, 0.25) is 0 Å². The Morgan fingerprint density at radius 2 is 1.74 bits per heavy atom. The Labute approximate surface area is 191 Å². The van der Waals surface area contributed by atoms with Crippen LogP contribution in [0.3, 0.4) is 0 Å². The Hall–Kier alpha value is -0.630. The van der Waals surface area contributed by atoms with Crippen LogP contribution in [0.4, 0.5) is 0 Å². The van der Waals surface area contributed by atoms with Crippen molar-refractivity contribution in [2.75, 3.05) is 0 Å². The monoisotopic (exact) mass is 428 g/mol. The lowest BCUT2D eigenvalue weighted by Gasteiger charge is -2.61. The van der Waals surface area contributed by atoms with Crippen molar-refractivity contribution >= 4 is 5.78 Å². The number of hydrogen-bond acceptors (Lipinski definition) is 2. The van der Waals surface area contributed by atoms with Crippen molar-refractivity contribution in [3.8, 4) is 0 Å². The number of ketones is 1. The predicted molar refractivity (Wildman–Crippen MR) is 129 cm³/mol. The molecule has 0 bridgehead atoms. The van der Waals surface area contributed by atoms with Gasteiger partial charge in [0.1, 0.15) is 5.78 Å². The van der Waals surface area contributed by atoms with Crippen molar-refractivity contribution in [2.45, 2.75) is 112 Å². The van der Waals surface area contributed by atoms with E-state index >= 15 is 0 Å². The predicted octanol–water partition coefficient (Wildman–Crippen LogP) is 7.20. The molecule has 3 fully saturated rings. The zero-order chi connectivity index (χ0) is 22.8. The number of carbonyl (C=O) groups is 1. The molecule has 0 aliphatic heterocycles. The van der Waals surface area contributed by atoms with Crippen LogP contribution in [-0.2, 0) is 4.79 Å². The third-order valence-electron chi connectivity index (χ3n) is 11.0. The van der Waals surface area contributed by atoms with Gasteiger partial charge in [-0.25, -0.2) is 0 Å². The second-order valence-electron chi connectivity index (χ2n) is 13.3. The smallest absolute Gasteiger partial charge is 0.145 e. The van der Waals surface area contributed by atoms with Crippen LogP contribution in [0.15, 0.2) is 11.6 Å². The first kappa shape index (κ1) is 23.5. The number of aliphatic hydroxyl groups is 1. The normalized spacial score (nSPS) is 45.0. The number of fused-ring (bicyclic) bond motifs is 5. The molecule has 8 atom stereocenters. The summed E-state index contributed by atoms with van der Waals surface area (Å²) in [6.45, 7) is 16.3. The molecule has 0 heterocycles. The number of carbonyl (C=O) groups excluding carboxylic acids is 1. The van der Waals surface area contributed by atoms with E-state index in [1.165, 1.54) is 50.5 Å². The zero-order valence-corrected chi connectivity index (χ0v) is 21.3. The van der Waals surface area contributed by atoms with E-state index in [2.05, 4.69) is 54.5 Å². The fraction of sp³-hybridized carbons (Fsp3) is 0.897. The molecule has 1 N–H and O–H groups in total. The SMILES string of the molecule is CC(C)CCC[C@@H](C)[C@H]1CC[C@H]2[C@@H]3CC=C4C(C)(C)C(=O)C[C@@H](O)[C@]4(C)[C@H]3CC[C@]12C. The summed E-state index contributed by atoms with van der Waals surface area (Å²) in [7, 11) is 0. The minimum atomic E-state index is -0.511. The molecule has 0 radical (unpaired) electrons. The van der Waals surface area contributed by atoms with E-state index in [1.807, 2.05) is 0 Å². The van der Waals surface area contributed by atoms with Gasteiger partial charge in [0.2, 0.25) is 0 Å². The average Bonchev–Trinajstić information content (AvgIpc) is 3.04. The summed E-state index contributed by atoms with van der Waals surface area (Å²) in [5.74, 6) is 4.72. The fourth-order valence-corrected chi connectivity index (χ4v) is 9.21. The summed E-state index contributed by atoms with van der Waals surface area (Å²) >= 11 is 0. The van der Waals surface area contributed by atoms with Gasteiger partial charge in [0, 0.05) is 17.3 Å². The van der Waals surface area contributed by atoms with Gasteiger partial charge in [0.15, 0.2) is 0 Å². The summed E-state index contributed by atoms with van der Waals surface area (Å²) < 4.78 is 0. The molecule has 0 aromatic carbocycles. The van der Waals surface area contributed by atoms with Gasteiger partial charge in [-0.1, -0.05) is 65.5 Å². The highest BCUT2D eigenvalue weighted by Crippen LogP contribution is 2.68. The first-order valence-corrected chi connectivity index (χ1v) is 13.4. The summed E-state index contributed by atoms with van der Waals surface area (Å²) in [4.78, 5) is 12.8. The lowest BCUT2D eigenvalue weighted by atomic mass is 9.43. The second kappa shape index (κ2) is 8.00. The molecule has 176 valence electrons. The van der Waals surface area contributed by atoms with Gasteiger partial charge in [-0.15, -0.1) is 0 Å². The van der Waals surface area contributed by atoms with Crippen LogP contribution in [0, 0.1) is 51.8 Å². The van der Waals surface area contributed by atoms with Gasteiger partial charge in [0.05, 0.1) is 6.10 Å². The Bertz CT molecular complexity index is 733. The number of aliphatic hydroxyl groups excluding tert-OH is 1. The molecule has 0 aromatic rings. The van der Waals surface area contributed by atoms with Crippen LogP contribution in [0.5, 0.6) is 0 Å². The first-order valence-electron chi connectivity index (χ1n) is 13.4. The van der Waals surface area contributed by atoms with Crippen molar-refractivity contribution in [3.05, 3.63) is 11.6 Å². The highest BCUT2D eigenvalue weighted by atomic mass is 16.3. The van der Waals surface area contributed by atoms with E-state index in [0.717, 1.165) is 30.1 Å². The molecule has 0 aromatic heterocycles. The summed E-state index contributed by atoms with van der Waals surface area (Å²) in [5, 5.41) is 11.2. The van der Waals surface area contributed by atoms with Gasteiger partial charge < -0.3 is 5.11 Å². The van der Waals surface area contributed by atoms with E-state index in [0.29, 0.717) is 23.7 Å². The van der Waals surface area contributed by atoms with E-state index in [-0.39, 0.29) is 11.2 Å². The largest absolute Gasteiger partial charge is 0.392 e. The van der Waals surface area contributed by atoms with Gasteiger partial charge in [0.25, 0.3) is 0 Å². The standard InChI is InChI=1S/C29H48O2/c1-18(2)9-8-10-19(3)21-12-13-22-20-11-14-24-27(4,5)25(30)17-26(31)29(24,7)23(20)15-16-28(21,22)6/h14,18-23,26,31H,8-13,15-17H2,1-7H3/t19-,20+,21-,22+,23+,26-,28-,29-/m1/s1. The van der Waals surface area contributed by atoms with Crippen LogP contribution in [-0.4, -0.2) is 17.0 Å². The van der Waals surface area contributed by atoms with Crippen LogP contribution in [0.25, 0.3) is 0 Å². The molecule has 2 heteroatoms. The van der Waals surface area contributed by atoms with E-state index < -0.39 is 11.5 Å². The summed E-state index contributed by atoms with van der Waals surface area (Å²) in [6, 6.07) is 0. The molecule has 0 amide bonds. The highest BCUT2D eigenvalue weighted by molar-refractivity contribution is 5.89. The highest BCUT2D eigenvalue weighted by Gasteiger charge is 2.63. The van der Waals surface area contributed by atoms with Crippen molar-refractivity contribution in [2.24, 2.45) is 51.8 Å². The molecular formula is C29H48O2. The molecule has 0 saturated heterocycles. The van der Waals surface area contributed by atoms with Gasteiger partial charge in [-0.2, -0.15) is 0 Å². The first-order chi connectivity index (χ1) is 14.4. The number of Topliss-reactive ketones (excluding diaryl/α,β-unsaturated/α-hetero) is 1. The minimum Gasteiger partial charge on any atom is -0.392 e. The Morgan fingerprint density at radius 1 is 1.03 bits per heavy atom. The maximum absolute atomic E-state index is 12.8. The summed E-state index contributed by atoms with van der Waals surface area (Å²) in [5.41, 5.74) is 1.08. The van der Waals surface area contributed by atoms with Gasteiger partial charge in [-0.05, 0) is 86.9 Å². The van der Waals surface area contributed by atoms with E-state index in [1.54, 1.807) is 0 Å². The van der Waals surface area contributed by atoms with E-state index in [4.69, 9.17) is 0 Å². The van der Waals surface area contributed by atoms with Crippen LogP contribution < -0.4 is 0 Å². The van der Waals surface area contributed by atoms with Crippen molar-refractivity contribution in [3.63, 3.8) is 0 Å². The molecular weight excluding hydrogens is 380 g/mol. The quantitative estimate of drug-likeness (QED) is 0.470. The second-order valence-corrected chi connectivity index (χ2v) is 13.3. The molecule has 3 saturated carbocycles. The third-order valence-corrected chi connectivity index (χ3v) is 11.0. The van der Waals surface area contributed by atoms with Crippen LogP contribution in [0.1, 0.15) is 106 Å².